The molecule has 3 aliphatic rings. The molecule has 298 valence electrons. The number of non-ortho nitro benzene ring substituents is 1. The van der Waals surface area contributed by atoms with Crippen molar-refractivity contribution in [1.82, 2.24) is 4.90 Å². The molecule has 56 heavy (non-hydrogen) atoms. The third kappa shape index (κ3) is 8.59. The number of likely N-dealkylation sites (N-methyl/N-ethyl adjacent to an activating group) is 1. The van der Waals surface area contributed by atoms with Crippen LogP contribution >= 0.6 is 0 Å². The molecule has 3 aromatic rings. The Bertz CT molecular complexity index is 1900. The molecule has 1 amide bonds. The predicted molar refractivity (Wildman–Crippen MR) is 210 cm³/mol. The number of amides is 1. The standard InChI is InChI=1S/C43H51N3O10/c1-4-23-53-43-39(45(2)42(49)52-3)27-37(44-54-28-29-13-6-5-7-14-29)35-24-30(15-8-10-21-47)34(18-9-11-22-48)40(41(35)43)36-26-33(19-20-38(36)56-43)55-32-17-12-16-31(25-32)46(50)51/h4-7,12-14,16-17,19-20,24-26,30,34,39-41,47-48H,1,8-11,15,18,21-23,27-28H2,2-3H3/t30-,34+,39-,40+,41+,43+/m0/s1. The first-order chi connectivity index (χ1) is 27.2. The molecule has 3 aromatic carbocycles. The Morgan fingerprint density at radius 1 is 1.04 bits per heavy atom. The molecule has 2 N–H and O–H groups in total. The van der Waals surface area contributed by atoms with Crippen LogP contribution in [0, 0.1) is 27.9 Å². The maximum Gasteiger partial charge on any atom is 0.409 e. The Labute approximate surface area is 327 Å². The van der Waals surface area contributed by atoms with Crippen LogP contribution in [0.3, 0.4) is 0 Å². The van der Waals surface area contributed by atoms with Crippen molar-refractivity contribution in [2.45, 2.75) is 69.3 Å². The van der Waals surface area contributed by atoms with E-state index in [4.69, 9.17) is 28.9 Å². The highest BCUT2D eigenvalue weighted by Crippen LogP contribution is 2.62. The van der Waals surface area contributed by atoms with Crippen molar-refractivity contribution < 1.29 is 43.7 Å². The van der Waals surface area contributed by atoms with E-state index in [1.165, 1.54) is 24.1 Å². The minimum absolute atomic E-state index is 0.00471. The van der Waals surface area contributed by atoms with E-state index in [0.29, 0.717) is 35.8 Å². The number of benzene rings is 3. The van der Waals surface area contributed by atoms with Gasteiger partial charge in [0.15, 0.2) is 0 Å². The van der Waals surface area contributed by atoms with Gasteiger partial charge >= 0.3 is 6.09 Å². The highest BCUT2D eigenvalue weighted by Gasteiger charge is 2.65. The van der Waals surface area contributed by atoms with Gasteiger partial charge in [0, 0.05) is 44.2 Å². The fourth-order valence-corrected chi connectivity index (χ4v) is 8.62. The average Bonchev–Trinajstić information content (AvgIpc) is 3.21. The molecular weight excluding hydrogens is 718 g/mol. The van der Waals surface area contributed by atoms with Gasteiger partial charge in [0.1, 0.15) is 29.9 Å². The second kappa shape index (κ2) is 18.6. The first-order valence-electron chi connectivity index (χ1n) is 19.2. The van der Waals surface area contributed by atoms with Gasteiger partial charge in [0.2, 0.25) is 5.79 Å². The van der Waals surface area contributed by atoms with Crippen molar-refractivity contribution in [2.24, 2.45) is 22.9 Å². The van der Waals surface area contributed by atoms with E-state index in [1.807, 2.05) is 42.5 Å². The summed E-state index contributed by atoms with van der Waals surface area (Å²) < 4.78 is 25.5. The summed E-state index contributed by atoms with van der Waals surface area (Å²) in [7, 11) is 3.00. The van der Waals surface area contributed by atoms with Crippen LogP contribution in [0.4, 0.5) is 10.5 Å². The minimum Gasteiger partial charge on any atom is -0.459 e. The summed E-state index contributed by atoms with van der Waals surface area (Å²) in [6.07, 6.45) is 7.97. The van der Waals surface area contributed by atoms with Crippen LogP contribution < -0.4 is 9.47 Å². The number of fused-ring (bicyclic) bond motifs is 2. The average molecular weight is 770 g/mol. The zero-order chi connectivity index (χ0) is 39.7. The second-order valence-corrected chi connectivity index (χ2v) is 14.5. The van der Waals surface area contributed by atoms with Crippen LogP contribution in [-0.4, -0.2) is 77.6 Å². The van der Waals surface area contributed by atoms with Crippen molar-refractivity contribution in [1.29, 1.82) is 0 Å². The highest BCUT2D eigenvalue weighted by molar-refractivity contribution is 6.02. The molecule has 1 saturated carbocycles. The number of nitrogens with zero attached hydrogens (tertiary/aromatic N) is 3. The number of unbranched alkanes of at least 4 members (excludes halogenated alkanes) is 2. The summed E-state index contributed by atoms with van der Waals surface area (Å²) in [5.41, 5.74) is 3.27. The van der Waals surface area contributed by atoms with Gasteiger partial charge in [-0.1, -0.05) is 66.5 Å². The van der Waals surface area contributed by atoms with E-state index in [9.17, 15) is 25.1 Å². The number of ether oxygens (including phenoxy) is 4. The van der Waals surface area contributed by atoms with Crippen LogP contribution in [0.1, 0.15) is 62.0 Å². The normalized spacial score (nSPS) is 24.2. The number of rotatable bonds is 18. The molecule has 0 bridgehead atoms. The third-order valence-corrected chi connectivity index (χ3v) is 11.1. The van der Waals surface area contributed by atoms with Gasteiger partial charge in [-0.05, 0) is 72.9 Å². The topological polar surface area (TPSA) is 162 Å². The van der Waals surface area contributed by atoms with Crippen molar-refractivity contribution in [3.05, 3.63) is 118 Å². The maximum absolute atomic E-state index is 13.4. The lowest BCUT2D eigenvalue weighted by Gasteiger charge is -2.59. The SMILES string of the molecule is C=CCO[C@@]12Oc3ccc(Oc4cccc([N+](=O)[O-])c4)cc3[C@H]3[C@H](CCCCO)[C@@H](CCCCO)C=C(C(=NOCc4ccccc4)C[C@@H]1N(C)C(=O)OC)[C@H]32. The number of carbonyl (C=O) groups is 1. The number of hydrogen-bond acceptors (Lipinski definition) is 11. The number of aliphatic hydroxyl groups excluding tert-OH is 2. The lowest BCUT2D eigenvalue weighted by molar-refractivity contribution is -0.384. The Kier molecular flexibility index (Phi) is 13.4. The van der Waals surface area contributed by atoms with Gasteiger partial charge in [-0.3, -0.25) is 10.1 Å². The predicted octanol–water partition coefficient (Wildman–Crippen LogP) is 7.92. The highest BCUT2D eigenvalue weighted by atomic mass is 16.7. The molecule has 0 unspecified atom stereocenters. The van der Waals surface area contributed by atoms with Crippen molar-refractivity contribution in [3.63, 3.8) is 0 Å². The fraction of sp³-hybridized carbons (Fsp3) is 0.442. The van der Waals surface area contributed by atoms with Crippen LogP contribution in [0.2, 0.25) is 0 Å². The Morgan fingerprint density at radius 3 is 2.50 bits per heavy atom. The molecule has 0 spiro atoms. The number of methoxy groups -OCH3 is 1. The van der Waals surface area contributed by atoms with Crippen LogP contribution in [0.5, 0.6) is 17.2 Å². The van der Waals surface area contributed by atoms with Crippen LogP contribution in [0.25, 0.3) is 0 Å². The van der Waals surface area contributed by atoms with Gasteiger partial charge in [-0.2, -0.15) is 0 Å². The van der Waals surface area contributed by atoms with Crippen LogP contribution in [0.15, 0.2) is 102 Å². The van der Waals surface area contributed by atoms with Gasteiger partial charge in [0.25, 0.3) is 5.69 Å². The zero-order valence-corrected chi connectivity index (χ0v) is 32.0. The van der Waals surface area contributed by atoms with E-state index in [2.05, 4.69) is 12.7 Å². The molecule has 6 atom stereocenters. The number of hydrogen-bond donors (Lipinski definition) is 2. The molecule has 1 aliphatic heterocycles. The summed E-state index contributed by atoms with van der Waals surface area (Å²) in [5.74, 6) is -0.842. The van der Waals surface area contributed by atoms with Crippen LogP contribution in [-0.2, 0) is 20.9 Å². The lowest BCUT2D eigenvalue weighted by Crippen LogP contribution is -2.69. The number of oxime groups is 1. The molecule has 1 fully saturated rings. The molecule has 2 aliphatic carbocycles. The molecule has 0 saturated heterocycles. The van der Waals surface area contributed by atoms with Gasteiger partial charge < -0.3 is 38.9 Å². The number of carbonyl (C=O) groups excluding carboxylic acids is 1. The zero-order valence-electron chi connectivity index (χ0n) is 32.0. The number of nitro benzene ring substituents is 1. The smallest absolute Gasteiger partial charge is 0.409 e. The molecular formula is C43H51N3O10. The third-order valence-electron chi connectivity index (χ3n) is 11.1. The van der Waals surface area contributed by atoms with Gasteiger partial charge in [-0.15, -0.1) is 6.58 Å². The Balaban J connectivity index is 1.55. The molecule has 0 radical (unpaired) electrons. The number of nitro groups is 1. The van der Waals surface area contributed by atoms with Crippen molar-refractivity contribution in [3.8, 4) is 17.2 Å². The van der Waals surface area contributed by atoms with Crippen molar-refractivity contribution >= 4 is 17.5 Å². The van der Waals surface area contributed by atoms with Gasteiger partial charge in [-0.25, -0.2) is 4.79 Å². The second-order valence-electron chi connectivity index (χ2n) is 14.5. The Hall–Kier alpha value is -5.24. The molecule has 0 aromatic heterocycles. The quantitative estimate of drug-likeness (QED) is 0.0563. The summed E-state index contributed by atoms with van der Waals surface area (Å²) in [6.45, 7) is 4.45. The summed E-state index contributed by atoms with van der Waals surface area (Å²) in [5, 5.41) is 36.0. The van der Waals surface area contributed by atoms with E-state index < -0.39 is 28.8 Å². The maximum atomic E-state index is 13.4. The molecule has 13 heteroatoms. The molecule has 1 heterocycles. The first kappa shape index (κ1) is 40.4. The minimum atomic E-state index is -1.42. The fourth-order valence-electron chi connectivity index (χ4n) is 8.62. The molecule has 6 rings (SSSR count). The summed E-state index contributed by atoms with van der Waals surface area (Å²) in [4.78, 5) is 32.1. The van der Waals surface area contributed by atoms with Gasteiger partial charge in [0.05, 0.1) is 36.3 Å². The summed E-state index contributed by atoms with van der Waals surface area (Å²) >= 11 is 0. The number of aliphatic hydroxyl groups is 2. The largest absolute Gasteiger partial charge is 0.459 e. The Morgan fingerprint density at radius 2 is 1.79 bits per heavy atom. The number of allylic oxidation sites excluding steroid dienone is 1. The van der Waals surface area contributed by atoms with E-state index >= 15 is 0 Å². The molecule has 13 nitrogen and oxygen atoms in total. The van der Waals surface area contributed by atoms with E-state index in [1.54, 1.807) is 31.3 Å². The monoisotopic (exact) mass is 769 g/mol. The first-order valence-corrected chi connectivity index (χ1v) is 19.2. The van der Waals surface area contributed by atoms with Crippen molar-refractivity contribution in [2.75, 3.05) is 34.0 Å². The van der Waals surface area contributed by atoms with E-state index in [0.717, 1.165) is 42.4 Å². The van der Waals surface area contributed by atoms with E-state index in [-0.39, 0.29) is 56.3 Å². The lowest BCUT2D eigenvalue weighted by atomic mass is 9.55. The summed E-state index contributed by atoms with van der Waals surface area (Å²) in [6, 6.07) is 20.6.